The maximum absolute atomic E-state index is 11.9. The van der Waals surface area contributed by atoms with Gasteiger partial charge in [0.2, 0.25) is 5.91 Å². The minimum Gasteiger partial charge on any atom is -0.491 e. The normalized spacial score (nSPS) is 12.0. The van der Waals surface area contributed by atoms with Crippen molar-refractivity contribution >= 4 is 5.91 Å². The van der Waals surface area contributed by atoms with E-state index in [4.69, 9.17) is 9.26 Å². The molecule has 23 heavy (non-hydrogen) atoms. The van der Waals surface area contributed by atoms with Crippen LogP contribution in [-0.2, 0) is 11.2 Å². The predicted molar refractivity (Wildman–Crippen MR) is 85.4 cm³/mol. The van der Waals surface area contributed by atoms with Crippen LogP contribution in [0.2, 0.25) is 0 Å². The number of aromatic nitrogens is 1. The molecule has 0 aliphatic rings. The molecule has 1 heterocycles. The quantitative estimate of drug-likeness (QED) is 0.811. The van der Waals surface area contributed by atoms with Crippen molar-refractivity contribution in [1.29, 1.82) is 0 Å². The van der Waals surface area contributed by atoms with Crippen LogP contribution in [0.4, 0.5) is 0 Å². The molecule has 1 aromatic heterocycles. The zero-order valence-electron chi connectivity index (χ0n) is 13.6. The number of amides is 1. The van der Waals surface area contributed by atoms with Crippen molar-refractivity contribution in [2.75, 3.05) is 13.2 Å². The van der Waals surface area contributed by atoms with Crippen molar-refractivity contribution in [3.63, 3.8) is 0 Å². The summed E-state index contributed by atoms with van der Waals surface area (Å²) < 4.78 is 10.5. The number of nitrogens with zero attached hydrogens (tertiary/aromatic N) is 1. The van der Waals surface area contributed by atoms with Gasteiger partial charge >= 0.3 is 0 Å². The summed E-state index contributed by atoms with van der Waals surface area (Å²) in [7, 11) is 0. The zero-order chi connectivity index (χ0) is 16.8. The molecule has 0 aliphatic heterocycles. The number of carbonyl (C=O) groups excluding carboxylic acids is 1. The summed E-state index contributed by atoms with van der Waals surface area (Å²) in [5, 5.41) is 16.4. The summed E-state index contributed by atoms with van der Waals surface area (Å²) in [4.78, 5) is 11.9. The molecule has 0 radical (unpaired) electrons. The highest BCUT2D eigenvalue weighted by atomic mass is 16.5. The number of aliphatic hydroxyl groups excluding tert-OH is 1. The Kier molecular flexibility index (Phi) is 5.76. The van der Waals surface area contributed by atoms with Gasteiger partial charge in [-0.05, 0) is 38.5 Å². The SMILES string of the molecule is Cc1cccc(OCC(O)CNC(=O)Cc2c(C)noc2C)c1. The van der Waals surface area contributed by atoms with Crippen molar-refractivity contribution in [1.82, 2.24) is 10.5 Å². The lowest BCUT2D eigenvalue weighted by molar-refractivity contribution is -0.121. The Bertz CT molecular complexity index is 647. The van der Waals surface area contributed by atoms with E-state index in [1.165, 1.54) is 0 Å². The first kappa shape index (κ1) is 17.0. The molecule has 0 saturated carbocycles. The molecule has 1 aromatic carbocycles. The number of nitrogens with one attached hydrogen (secondary N) is 1. The van der Waals surface area contributed by atoms with Gasteiger partial charge in [-0.1, -0.05) is 17.3 Å². The Morgan fingerprint density at radius 3 is 2.83 bits per heavy atom. The molecule has 0 bridgehead atoms. The summed E-state index contributed by atoms with van der Waals surface area (Å²) in [5.41, 5.74) is 2.58. The van der Waals surface area contributed by atoms with Crippen LogP contribution >= 0.6 is 0 Å². The third-order valence-electron chi connectivity index (χ3n) is 3.49. The van der Waals surface area contributed by atoms with Gasteiger partial charge in [0.25, 0.3) is 0 Å². The second-order valence-corrected chi connectivity index (χ2v) is 5.56. The topological polar surface area (TPSA) is 84.6 Å². The highest BCUT2D eigenvalue weighted by Gasteiger charge is 2.14. The minimum atomic E-state index is -0.774. The number of hydrogen-bond acceptors (Lipinski definition) is 5. The monoisotopic (exact) mass is 318 g/mol. The average Bonchev–Trinajstić information content (AvgIpc) is 2.83. The van der Waals surface area contributed by atoms with Crippen molar-refractivity contribution in [3.8, 4) is 5.75 Å². The molecular weight excluding hydrogens is 296 g/mol. The third kappa shape index (κ3) is 5.10. The molecule has 0 fully saturated rings. The number of benzene rings is 1. The van der Waals surface area contributed by atoms with E-state index >= 15 is 0 Å². The maximum Gasteiger partial charge on any atom is 0.224 e. The van der Waals surface area contributed by atoms with Gasteiger partial charge in [0, 0.05) is 12.1 Å². The third-order valence-corrected chi connectivity index (χ3v) is 3.49. The fraction of sp³-hybridized carbons (Fsp3) is 0.412. The molecule has 0 saturated heterocycles. The zero-order valence-corrected chi connectivity index (χ0v) is 13.6. The fourth-order valence-electron chi connectivity index (χ4n) is 2.17. The van der Waals surface area contributed by atoms with Gasteiger partial charge in [0.15, 0.2) is 0 Å². The average molecular weight is 318 g/mol. The molecule has 124 valence electrons. The van der Waals surface area contributed by atoms with Crippen LogP contribution < -0.4 is 10.1 Å². The summed E-state index contributed by atoms with van der Waals surface area (Å²) in [6.07, 6.45) is -0.587. The highest BCUT2D eigenvalue weighted by molar-refractivity contribution is 5.79. The Balaban J connectivity index is 1.73. The predicted octanol–water partition coefficient (Wildman–Crippen LogP) is 1.70. The lowest BCUT2D eigenvalue weighted by atomic mass is 10.1. The molecule has 6 heteroatoms. The van der Waals surface area contributed by atoms with Crippen molar-refractivity contribution < 1.29 is 19.2 Å². The van der Waals surface area contributed by atoms with Crippen LogP contribution in [-0.4, -0.2) is 35.4 Å². The number of hydrogen-bond donors (Lipinski definition) is 2. The first-order chi connectivity index (χ1) is 11.0. The lowest BCUT2D eigenvalue weighted by Crippen LogP contribution is -2.36. The second-order valence-electron chi connectivity index (χ2n) is 5.56. The molecule has 6 nitrogen and oxygen atoms in total. The van der Waals surface area contributed by atoms with E-state index in [1.807, 2.05) is 31.2 Å². The van der Waals surface area contributed by atoms with Crippen molar-refractivity contribution in [2.24, 2.45) is 0 Å². The number of aliphatic hydroxyl groups is 1. The van der Waals surface area contributed by atoms with Crippen LogP contribution in [0.5, 0.6) is 5.75 Å². The molecule has 0 spiro atoms. The summed E-state index contributed by atoms with van der Waals surface area (Å²) in [6, 6.07) is 7.58. The fourth-order valence-corrected chi connectivity index (χ4v) is 2.17. The van der Waals surface area contributed by atoms with E-state index in [-0.39, 0.29) is 25.5 Å². The van der Waals surface area contributed by atoms with E-state index < -0.39 is 6.10 Å². The minimum absolute atomic E-state index is 0.120. The van der Waals surface area contributed by atoms with E-state index in [9.17, 15) is 9.90 Å². The number of carbonyl (C=O) groups is 1. The Hall–Kier alpha value is -2.34. The van der Waals surface area contributed by atoms with Gasteiger partial charge in [0.05, 0.1) is 12.1 Å². The number of rotatable bonds is 7. The Morgan fingerprint density at radius 1 is 1.39 bits per heavy atom. The summed E-state index contributed by atoms with van der Waals surface area (Å²) >= 11 is 0. The smallest absolute Gasteiger partial charge is 0.224 e. The van der Waals surface area contributed by atoms with Gasteiger partial charge < -0.3 is 19.7 Å². The maximum atomic E-state index is 11.9. The largest absolute Gasteiger partial charge is 0.491 e. The van der Waals surface area contributed by atoms with Crippen molar-refractivity contribution in [3.05, 3.63) is 46.8 Å². The van der Waals surface area contributed by atoms with Crippen LogP contribution in [0.1, 0.15) is 22.6 Å². The molecule has 1 atom stereocenters. The lowest BCUT2D eigenvalue weighted by Gasteiger charge is -2.13. The van der Waals surface area contributed by atoms with E-state index in [1.54, 1.807) is 13.8 Å². The van der Waals surface area contributed by atoms with Gasteiger partial charge in [-0.25, -0.2) is 0 Å². The molecule has 2 aromatic rings. The highest BCUT2D eigenvalue weighted by Crippen LogP contribution is 2.13. The van der Waals surface area contributed by atoms with E-state index in [0.29, 0.717) is 17.2 Å². The van der Waals surface area contributed by atoms with Crippen molar-refractivity contribution in [2.45, 2.75) is 33.3 Å². The second kappa shape index (κ2) is 7.78. The molecule has 1 amide bonds. The molecule has 2 N–H and O–H groups in total. The van der Waals surface area contributed by atoms with Gasteiger partial charge in [0.1, 0.15) is 24.2 Å². The number of aryl methyl sites for hydroxylation is 3. The van der Waals surface area contributed by atoms with Gasteiger partial charge in [-0.2, -0.15) is 0 Å². The molecule has 1 unspecified atom stereocenters. The number of ether oxygens (including phenoxy) is 1. The standard InChI is InChI=1S/C17H22N2O4/c1-11-5-4-6-15(7-11)22-10-14(20)9-18-17(21)8-16-12(2)19-23-13(16)3/h4-7,14,20H,8-10H2,1-3H3,(H,18,21). The molecule has 2 rings (SSSR count). The van der Waals surface area contributed by atoms with Crippen LogP contribution in [0.15, 0.2) is 28.8 Å². The summed E-state index contributed by atoms with van der Waals surface area (Å²) in [6.45, 7) is 5.79. The summed E-state index contributed by atoms with van der Waals surface area (Å²) in [5.74, 6) is 1.15. The molecule has 0 aliphatic carbocycles. The first-order valence-corrected chi connectivity index (χ1v) is 7.51. The Morgan fingerprint density at radius 2 is 2.17 bits per heavy atom. The van der Waals surface area contributed by atoms with Gasteiger partial charge in [-0.3, -0.25) is 4.79 Å². The van der Waals surface area contributed by atoms with Crippen LogP contribution in [0.25, 0.3) is 0 Å². The van der Waals surface area contributed by atoms with Crippen LogP contribution in [0.3, 0.4) is 0 Å². The van der Waals surface area contributed by atoms with E-state index in [0.717, 1.165) is 11.1 Å². The Labute approximate surface area is 135 Å². The van der Waals surface area contributed by atoms with Gasteiger partial charge in [-0.15, -0.1) is 0 Å². The van der Waals surface area contributed by atoms with Crippen LogP contribution in [0, 0.1) is 20.8 Å². The molecular formula is C17H22N2O4. The first-order valence-electron chi connectivity index (χ1n) is 7.51. The van der Waals surface area contributed by atoms with E-state index in [2.05, 4.69) is 10.5 Å².